The lowest BCUT2D eigenvalue weighted by atomic mass is 10.2. The van der Waals surface area contributed by atoms with Crippen LogP contribution in [0.3, 0.4) is 0 Å². The van der Waals surface area contributed by atoms with Crippen LogP contribution in [0.5, 0.6) is 0 Å². The minimum Gasteiger partial charge on any atom is -0.267 e. The summed E-state index contributed by atoms with van der Waals surface area (Å²) >= 11 is 4.70. The van der Waals surface area contributed by atoms with E-state index in [9.17, 15) is 4.79 Å². The maximum atomic E-state index is 12.3. The zero-order valence-electron chi connectivity index (χ0n) is 13.0. The molecule has 25 heavy (non-hydrogen) atoms. The van der Waals surface area contributed by atoms with Crippen LogP contribution >= 0.6 is 34.4 Å². The summed E-state index contributed by atoms with van der Waals surface area (Å²) in [6, 6.07) is 15.7. The number of benzene rings is 1. The zero-order valence-corrected chi connectivity index (χ0v) is 15.5. The lowest BCUT2D eigenvalue weighted by Crippen LogP contribution is -2.14. The molecule has 0 unspecified atom stereocenters. The van der Waals surface area contributed by atoms with Gasteiger partial charge >= 0.3 is 0 Å². The van der Waals surface area contributed by atoms with Crippen LogP contribution in [0.4, 0.5) is 0 Å². The fourth-order valence-electron chi connectivity index (χ4n) is 2.23. The Morgan fingerprint density at radius 1 is 1.12 bits per heavy atom. The van der Waals surface area contributed by atoms with Crippen molar-refractivity contribution in [2.75, 3.05) is 0 Å². The predicted octanol–water partition coefficient (Wildman–Crippen LogP) is 4.68. The van der Waals surface area contributed by atoms with Crippen LogP contribution < -0.4 is 5.56 Å². The van der Waals surface area contributed by atoms with E-state index >= 15 is 0 Å². The number of aromatic nitrogens is 3. The van der Waals surface area contributed by atoms with Crippen molar-refractivity contribution >= 4 is 51.5 Å². The highest BCUT2D eigenvalue weighted by molar-refractivity contribution is 8.00. The first kappa shape index (κ1) is 16.3. The van der Waals surface area contributed by atoms with Crippen LogP contribution in [0.25, 0.3) is 17.1 Å². The van der Waals surface area contributed by atoms with E-state index in [1.807, 2.05) is 47.9 Å². The normalized spacial score (nSPS) is 11.5. The SMILES string of the molecule is O=c1cc(C=Cc2cccs2)nc2sc(SCc3ccccc3)nn12. The smallest absolute Gasteiger partial charge is 0.267 e. The number of nitrogens with zero attached hydrogens (tertiary/aromatic N) is 3. The third kappa shape index (κ3) is 3.89. The fraction of sp³-hybridized carbons (Fsp3) is 0.0556. The Labute approximate surface area is 156 Å². The fourth-order valence-corrected chi connectivity index (χ4v) is 4.75. The summed E-state index contributed by atoms with van der Waals surface area (Å²) in [7, 11) is 0. The van der Waals surface area contributed by atoms with Crippen LogP contribution in [0.15, 0.2) is 63.0 Å². The molecule has 0 saturated heterocycles. The maximum Gasteiger partial charge on any atom is 0.275 e. The van der Waals surface area contributed by atoms with Gasteiger partial charge in [-0.05, 0) is 29.2 Å². The lowest BCUT2D eigenvalue weighted by molar-refractivity contribution is 0.855. The Balaban J connectivity index is 1.57. The standard InChI is InChI=1S/C18H13N3OS3/c22-16-11-14(8-9-15-7-4-10-23-15)19-17-21(16)20-18(25-17)24-12-13-5-2-1-3-6-13/h1-11H,12H2. The van der Waals surface area contributed by atoms with Crippen molar-refractivity contribution in [3.8, 4) is 0 Å². The van der Waals surface area contributed by atoms with Crippen molar-refractivity contribution in [1.29, 1.82) is 0 Å². The van der Waals surface area contributed by atoms with Gasteiger partial charge in [0, 0.05) is 16.7 Å². The summed E-state index contributed by atoms with van der Waals surface area (Å²) in [6.45, 7) is 0. The predicted molar refractivity (Wildman–Crippen MR) is 106 cm³/mol. The second-order valence-electron chi connectivity index (χ2n) is 5.20. The van der Waals surface area contributed by atoms with Gasteiger partial charge in [0.25, 0.3) is 5.56 Å². The van der Waals surface area contributed by atoms with Gasteiger partial charge in [-0.2, -0.15) is 4.52 Å². The highest BCUT2D eigenvalue weighted by Gasteiger charge is 2.09. The molecule has 3 aromatic heterocycles. The largest absolute Gasteiger partial charge is 0.275 e. The van der Waals surface area contributed by atoms with E-state index in [1.54, 1.807) is 23.1 Å². The third-order valence-electron chi connectivity index (χ3n) is 3.41. The van der Waals surface area contributed by atoms with Crippen molar-refractivity contribution in [3.05, 3.63) is 80.4 Å². The molecule has 0 fully saturated rings. The molecule has 0 saturated carbocycles. The van der Waals surface area contributed by atoms with E-state index in [4.69, 9.17) is 0 Å². The third-order valence-corrected chi connectivity index (χ3v) is 6.36. The number of hydrogen-bond donors (Lipinski definition) is 0. The molecular formula is C18H13N3OS3. The Bertz CT molecular complexity index is 1070. The van der Waals surface area contributed by atoms with Crippen molar-refractivity contribution in [2.24, 2.45) is 0 Å². The molecule has 0 bridgehead atoms. The summed E-state index contributed by atoms with van der Waals surface area (Å²) in [6.07, 6.45) is 3.83. The molecule has 0 atom stereocenters. The van der Waals surface area contributed by atoms with Crippen molar-refractivity contribution < 1.29 is 0 Å². The quantitative estimate of drug-likeness (QED) is 0.470. The second kappa shape index (κ2) is 7.35. The van der Waals surface area contributed by atoms with Gasteiger partial charge in [-0.3, -0.25) is 4.79 Å². The Morgan fingerprint density at radius 3 is 2.80 bits per heavy atom. The minimum absolute atomic E-state index is 0.154. The van der Waals surface area contributed by atoms with Gasteiger partial charge in [0.05, 0.1) is 5.69 Å². The van der Waals surface area contributed by atoms with E-state index in [0.717, 1.165) is 15.0 Å². The van der Waals surface area contributed by atoms with Crippen molar-refractivity contribution in [1.82, 2.24) is 14.6 Å². The van der Waals surface area contributed by atoms with E-state index in [0.29, 0.717) is 10.7 Å². The number of hydrogen-bond acceptors (Lipinski definition) is 6. The van der Waals surface area contributed by atoms with Gasteiger partial charge in [0.2, 0.25) is 4.96 Å². The molecular weight excluding hydrogens is 370 g/mol. The molecule has 0 aliphatic carbocycles. The summed E-state index contributed by atoms with van der Waals surface area (Å²) in [5.41, 5.74) is 1.73. The summed E-state index contributed by atoms with van der Waals surface area (Å²) in [4.78, 5) is 18.6. The van der Waals surface area contributed by atoms with Crippen LogP contribution in [-0.2, 0) is 5.75 Å². The molecule has 7 heteroatoms. The number of thiophene rings is 1. The zero-order chi connectivity index (χ0) is 17.1. The van der Waals surface area contributed by atoms with Crippen LogP contribution in [0, 0.1) is 0 Å². The van der Waals surface area contributed by atoms with Crippen LogP contribution in [0.1, 0.15) is 16.1 Å². The first-order valence-electron chi connectivity index (χ1n) is 7.57. The molecule has 0 aliphatic heterocycles. The molecule has 0 N–H and O–H groups in total. The van der Waals surface area contributed by atoms with Gasteiger partial charge in [0.1, 0.15) is 0 Å². The average molecular weight is 384 g/mol. The van der Waals surface area contributed by atoms with Gasteiger partial charge in [0.15, 0.2) is 4.34 Å². The van der Waals surface area contributed by atoms with Crippen molar-refractivity contribution in [3.63, 3.8) is 0 Å². The lowest BCUT2D eigenvalue weighted by Gasteiger charge is -1.96. The molecule has 0 spiro atoms. The van der Waals surface area contributed by atoms with E-state index in [-0.39, 0.29) is 5.56 Å². The van der Waals surface area contributed by atoms with E-state index < -0.39 is 0 Å². The highest BCUT2D eigenvalue weighted by Crippen LogP contribution is 2.26. The summed E-state index contributed by atoms with van der Waals surface area (Å²) in [5.74, 6) is 0.820. The van der Waals surface area contributed by atoms with E-state index in [2.05, 4.69) is 22.2 Å². The molecule has 0 aliphatic rings. The Hall–Kier alpha value is -2.22. The second-order valence-corrected chi connectivity index (χ2v) is 8.36. The minimum atomic E-state index is -0.154. The van der Waals surface area contributed by atoms with Gasteiger partial charge in [-0.25, -0.2) is 4.98 Å². The summed E-state index contributed by atoms with van der Waals surface area (Å²) in [5, 5.41) is 6.40. The number of fused-ring (bicyclic) bond motifs is 1. The maximum absolute atomic E-state index is 12.3. The van der Waals surface area contributed by atoms with Gasteiger partial charge < -0.3 is 0 Å². The molecule has 4 aromatic rings. The van der Waals surface area contributed by atoms with Crippen LogP contribution in [-0.4, -0.2) is 14.6 Å². The van der Waals surface area contributed by atoms with Crippen LogP contribution in [0.2, 0.25) is 0 Å². The Morgan fingerprint density at radius 2 is 2.00 bits per heavy atom. The highest BCUT2D eigenvalue weighted by atomic mass is 32.2. The molecule has 1 aromatic carbocycles. The average Bonchev–Trinajstić information content (AvgIpc) is 3.29. The molecule has 124 valence electrons. The first-order chi connectivity index (χ1) is 12.3. The van der Waals surface area contributed by atoms with E-state index in [1.165, 1.54) is 27.5 Å². The molecule has 0 amide bonds. The topological polar surface area (TPSA) is 47.3 Å². The Kier molecular flexibility index (Phi) is 4.78. The summed E-state index contributed by atoms with van der Waals surface area (Å²) < 4.78 is 2.22. The molecule has 4 nitrogen and oxygen atoms in total. The molecule has 0 radical (unpaired) electrons. The van der Waals surface area contributed by atoms with Crippen molar-refractivity contribution in [2.45, 2.75) is 10.1 Å². The molecule has 4 rings (SSSR count). The monoisotopic (exact) mass is 383 g/mol. The van der Waals surface area contributed by atoms with Gasteiger partial charge in [-0.15, -0.1) is 16.4 Å². The van der Waals surface area contributed by atoms with Gasteiger partial charge in [-0.1, -0.05) is 59.5 Å². The number of rotatable bonds is 5. The number of thioether (sulfide) groups is 1. The first-order valence-corrected chi connectivity index (χ1v) is 10.3. The molecule has 3 heterocycles.